The van der Waals surface area contributed by atoms with Crippen LogP contribution in [-0.2, 0) is 9.53 Å². The van der Waals surface area contributed by atoms with Crippen LogP contribution >= 0.6 is 0 Å². The molecule has 0 aliphatic rings. The second kappa shape index (κ2) is 7.01. The quantitative estimate of drug-likeness (QED) is 0.580. The van der Waals surface area contributed by atoms with Crippen molar-refractivity contribution >= 4 is 5.91 Å². The maximum Gasteiger partial charge on any atom is 0.255 e. The van der Waals surface area contributed by atoms with Crippen LogP contribution in [0, 0.1) is 13.8 Å². The molecule has 0 radical (unpaired) electrons. The van der Waals surface area contributed by atoms with Gasteiger partial charge >= 0.3 is 0 Å². The first-order valence-electron chi connectivity index (χ1n) is 6.08. The highest BCUT2D eigenvalue weighted by atomic mass is 16.5. The molecule has 106 valence electrons. The molecule has 0 aliphatic heterocycles. The molecule has 0 aromatic carbocycles. The Morgan fingerprint density at radius 2 is 2.21 bits per heavy atom. The minimum Gasteiger partial charge on any atom is -0.370 e. The van der Waals surface area contributed by atoms with Crippen molar-refractivity contribution in [2.45, 2.75) is 26.8 Å². The second-order valence-corrected chi connectivity index (χ2v) is 4.35. The molecular weight excluding hydrogens is 248 g/mol. The van der Waals surface area contributed by atoms with Gasteiger partial charge in [0.15, 0.2) is 0 Å². The summed E-state index contributed by atoms with van der Waals surface area (Å²) in [5.74, 6) is 0.103. The van der Waals surface area contributed by atoms with E-state index < -0.39 is 5.91 Å². The van der Waals surface area contributed by atoms with Crippen LogP contribution in [0.25, 0.3) is 0 Å². The van der Waals surface area contributed by atoms with Gasteiger partial charge in [-0.05, 0) is 20.8 Å². The number of H-pyrrole nitrogens is 1. The summed E-state index contributed by atoms with van der Waals surface area (Å²) in [6.07, 6.45) is 0. The molecule has 0 saturated carbocycles. The van der Waals surface area contributed by atoms with Crippen molar-refractivity contribution < 1.29 is 9.53 Å². The number of carbonyl (C=O) groups is 1. The second-order valence-electron chi connectivity index (χ2n) is 4.35. The summed E-state index contributed by atoms with van der Waals surface area (Å²) in [6, 6.07) is -0.144. The Bertz CT molecular complexity index is 498. The zero-order valence-corrected chi connectivity index (χ0v) is 11.4. The lowest BCUT2D eigenvalue weighted by atomic mass is 10.1. The lowest BCUT2D eigenvalue weighted by Crippen LogP contribution is -2.30. The van der Waals surface area contributed by atoms with Crippen LogP contribution in [0.1, 0.15) is 30.0 Å². The summed E-state index contributed by atoms with van der Waals surface area (Å²) in [4.78, 5) is 29.2. The maximum absolute atomic E-state index is 11.9. The highest BCUT2D eigenvalue weighted by molar-refractivity contribution is 5.74. The number of ether oxygens (including phenoxy) is 1. The highest BCUT2D eigenvalue weighted by Gasteiger charge is 2.13. The fourth-order valence-corrected chi connectivity index (χ4v) is 1.87. The number of carbonyl (C=O) groups excluding carboxylic acids is 1. The Hall–Kier alpha value is -1.73. The largest absolute Gasteiger partial charge is 0.370 e. The summed E-state index contributed by atoms with van der Waals surface area (Å²) in [5.41, 5.74) is 6.12. The van der Waals surface area contributed by atoms with Crippen molar-refractivity contribution in [2.24, 2.45) is 5.73 Å². The summed E-state index contributed by atoms with van der Waals surface area (Å²) in [7, 11) is 0. The number of hydrogen-bond acceptors (Lipinski definition) is 5. The van der Waals surface area contributed by atoms with Crippen molar-refractivity contribution in [2.75, 3.05) is 19.8 Å². The van der Waals surface area contributed by atoms with Gasteiger partial charge in [0, 0.05) is 18.3 Å². The molecule has 0 saturated heterocycles. The third-order valence-electron chi connectivity index (χ3n) is 2.64. The zero-order valence-electron chi connectivity index (χ0n) is 11.4. The third-order valence-corrected chi connectivity index (χ3v) is 2.64. The van der Waals surface area contributed by atoms with Gasteiger partial charge in [-0.1, -0.05) is 0 Å². The topological polar surface area (TPSA) is 110 Å². The Labute approximate surface area is 111 Å². The van der Waals surface area contributed by atoms with Crippen LogP contribution in [0.15, 0.2) is 4.79 Å². The third kappa shape index (κ3) is 4.80. The number of amides is 1. The van der Waals surface area contributed by atoms with E-state index in [4.69, 9.17) is 10.5 Å². The molecule has 7 nitrogen and oxygen atoms in total. The Kier molecular flexibility index (Phi) is 5.65. The average Bonchev–Trinajstić information content (AvgIpc) is 2.26. The van der Waals surface area contributed by atoms with Crippen LogP contribution in [0.3, 0.4) is 0 Å². The van der Waals surface area contributed by atoms with E-state index in [2.05, 4.69) is 15.3 Å². The smallest absolute Gasteiger partial charge is 0.255 e. The number of primary amides is 1. The number of aryl methyl sites for hydroxylation is 2. The molecule has 0 spiro atoms. The Morgan fingerprint density at radius 1 is 1.53 bits per heavy atom. The van der Waals surface area contributed by atoms with Gasteiger partial charge in [0.25, 0.3) is 5.56 Å². The summed E-state index contributed by atoms with van der Waals surface area (Å²) in [5, 5.41) is 3.14. The van der Waals surface area contributed by atoms with Crippen molar-refractivity contribution in [1.29, 1.82) is 0 Å². The number of hydrogen-bond donors (Lipinski definition) is 3. The van der Waals surface area contributed by atoms with Crippen molar-refractivity contribution in [3.8, 4) is 0 Å². The van der Waals surface area contributed by atoms with Crippen LogP contribution in [0.5, 0.6) is 0 Å². The molecule has 1 aromatic heterocycles. The van der Waals surface area contributed by atoms with E-state index in [9.17, 15) is 9.59 Å². The SMILES string of the molecule is Cc1nc(C)c(C(C)NCCOCC(N)=O)c(=O)[nH]1. The van der Waals surface area contributed by atoms with Gasteiger partial charge in [-0.25, -0.2) is 4.98 Å². The summed E-state index contributed by atoms with van der Waals surface area (Å²) < 4.78 is 5.02. The van der Waals surface area contributed by atoms with Gasteiger partial charge in [-0.15, -0.1) is 0 Å². The van der Waals surface area contributed by atoms with Gasteiger partial charge in [0.05, 0.1) is 12.2 Å². The molecule has 7 heteroatoms. The minimum absolute atomic E-state index is 0.0955. The molecule has 1 unspecified atom stereocenters. The fourth-order valence-electron chi connectivity index (χ4n) is 1.87. The van der Waals surface area contributed by atoms with E-state index in [0.29, 0.717) is 30.2 Å². The first-order valence-corrected chi connectivity index (χ1v) is 6.08. The Morgan fingerprint density at radius 3 is 2.79 bits per heavy atom. The van der Waals surface area contributed by atoms with Gasteiger partial charge in [-0.3, -0.25) is 9.59 Å². The molecule has 0 bridgehead atoms. The monoisotopic (exact) mass is 268 g/mol. The van der Waals surface area contributed by atoms with Gasteiger partial charge < -0.3 is 20.8 Å². The molecule has 1 atom stereocenters. The lowest BCUT2D eigenvalue weighted by molar-refractivity contribution is -0.122. The number of rotatable bonds is 7. The van der Waals surface area contributed by atoms with E-state index in [-0.39, 0.29) is 18.2 Å². The number of nitrogens with two attached hydrogens (primary N) is 1. The predicted molar refractivity (Wildman–Crippen MR) is 70.8 cm³/mol. The van der Waals surface area contributed by atoms with E-state index >= 15 is 0 Å². The maximum atomic E-state index is 11.9. The minimum atomic E-state index is -0.497. The Balaban J connectivity index is 2.52. The van der Waals surface area contributed by atoms with E-state index in [1.807, 2.05) is 6.92 Å². The molecule has 0 aliphatic carbocycles. The molecule has 1 aromatic rings. The van der Waals surface area contributed by atoms with Gasteiger partial charge in [0.1, 0.15) is 12.4 Å². The van der Waals surface area contributed by atoms with Gasteiger partial charge in [-0.2, -0.15) is 0 Å². The molecule has 4 N–H and O–H groups in total. The average molecular weight is 268 g/mol. The standard InChI is InChI=1S/C12H20N4O3/c1-7(14-4-5-19-6-10(13)17)11-8(2)15-9(3)16-12(11)18/h7,14H,4-6H2,1-3H3,(H2,13,17)(H,15,16,18). The van der Waals surface area contributed by atoms with Crippen LogP contribution in [-0.4, -0.2) is 35.6 Å². The zero-order chi connectivity index (χ0) is 14.4. The van der Waals surface area contributed by atoms with Crippen molar-refractivity contribution in [3.05, 3.63) is 27.4 Å². The predicted octanol–water partition coefficient (Wildman–Crippen LogP) is -0.461. The van der Waals surface area contributed by atoms with Gasteiger partial charge in [0.2, 0.25) is 5.91 Å². The van der Waals surface area contributed by atoms with Crippen molar-refractivity contribution in [3.63, 3.8) is 0 Å². The molecule has 0 fully saturated rings. The van der Waals surface area contributed by atoms with E-state index in [0.717, 1.165) is 0 Å². The molecule has 1 amide bonds. The van der Waals surface area contributed by atoms with Crippen LogP contribution in [0.4, 0.5) is 0 Å². The van der Waals surface area contributed by atoms with E-state index in [1.165, 1.54) is 0 Å². The molecule has 1 rings (SSSR count). The molecule has 1 heterocycles. The summed E-state index contributed by atoms with van der Waals surface area (Å²) in [6.45, 7) is 6.20. The number of aromatic nitrogens is 2. The highest BCUT2D eigenvalue weighted by Crippen LogP contribution is 2.10. The van der Waals surface area contributed by atoms with Crippen molar-refractivity contribution in [1.82, 2.24) is 15.3 Å². The lowest BCUT2D eigenvalue weighted by Gasteiger charge is -2.15. The molecular formula is C12H20N4O3. The number of aromatic amines is 1. The normalized spacial score (nSPS) is 12.4. The number of nitrogens with zero attached hydrogens (tertiary/aromatic N) is 1. The first-order chi connectivity index (χ1) is 8.91. The number of nitrogens with one attached hydrogen (secondary N) is 2. The molecule has 19 heavy (non-hydrogen) atoms. The van der Waals surface area contributed by atoms with E-state index in [1.54, 1.807) is 13.8 Å². The van der Waals surface area contributed by atoms with Crippen LogP contribution in [0.2, 0.25) is 0 Å². The summed E-state index contributed by atoms with van der Waals surface area (Å²) >= 11 is 0. The fraction of sp³-hybridized carbons (Fsp3) is 0.583. The van der Waals surface area contributed by atoms with Crippen LogP contribution < -0.4 is 16.6 Å². The first kappa shape index (κ1) is 15.3.